The number of nitrogens with zero attached hydrogens (tertiary/aromatic N) is 2. The van der Waals surface area contributed by atoms with Gasteiger partial charge in [0.05, 0.1) is 5.52 Å². The lowest BCUT2D eigenvalue weighted by Gasteiger charge is -2.16. The van der Waals surface area contributed by atoms with Crippen molar-refractivity contribution >= 4 is 29.0 Å². The summed E-state index contributed by atoms with van der Waals surface area (Å²) < 4.78 is 0. The van der Waals surface area contributed by atoms with E-state index in [0.29, 0.717) is 18.9 Å². The third-order valence-electron chi connectivity index (χ3n) is 3.49. The maximum absolute atomic E-state index is 11.3. The first-order valence-electron chi connectivity index (χ1n) is 6.95. The molecule has 1 aromatic carbocycles. The van der Waals surface area contributed by atoms with Gasteiger partial charge in [0, 0.05) is 25.4 Å². The van der Waals surface area contributed by atoms with Crippen molar-refractivity contribution in [2.24, 2.45) is 0 Å². The smallest absolute Gasteiger partial charge is 0.228 e. The van der Waals surface area contributed by atoms with Crippen LogP contribution < -0.4 is 10.2 Å². The number of H-pyrrole nitrogens is 1. The molecule has 0 fully saturated rings. The number of aromatic nitrogens is 2. The Morgan fingerprint density at radius 2 is 2.24 bits per heavy atom. The molecule has 6 nitrogen and oxygen atoms in total. The molecule has 2 rings (SSSR count). The van der Waals surface area contributed by atoms with Crippen LogP contribution in [-0.4, -0.2) is 36.1 Å². The van der Waals surface area contributed by atoms with E-state index in [9.17, 15) is 9.59 Å². The summed E-state index contributed by atoms with van der Waals surface area (Å²) in [6.07, 6.45) is 0.647. The van der Waals surface area contributed by atoms with Gasteiger partial charge >= 0.3 is 0 Å². The van der Waals surface area contributed by atoms with Gasteiger partial charge in [0.25, 0.3) is 0 Å². The minimum absolute atomic E-state index is 0.244. The van der Waals surface area contributed by atoms with Crippen LogP contribution in [0.1, 0.15) is 31.7 Å². The van der Waals surface area contributed by atoms with Gasteiger partial charge in [-0.25, -0.2) is 0 Å². The number of rotatable bonds is 6. The molecule has 0 aliphatic heterocycles. The standard InChI is InChI=1S/C15H20N4O2/c1-10(2)11-5-4-6-12-14(11)17-18-15(12)19(3)8-7-13(21)16-9-20/h4-6,9-10H,7-8H2,1-3H3,(H,17,18)(H,16,20,21). The molecule has 0 aliphatic carbocycles. The molecule has 6 heteroatoms. The molecule has 0 radical (unpaired) electrons. The topological polar surface area (TPSA) is 78.1 Å². The first kappa shape index (κ1) is 15.0. The first-order valence-corrected chi connectivity index (χ1v) is 6.95. The number of amides is 2. The van der Waals surface area contributed by atoms with Gasteiger partial charge in [0.1, 0.15) is 0 Å². The number of para-hydroxylation sites is 1. The molecule has 0 saturated heterocycles. The predicted octanol–water partition coefficient (Wildman–Crippen LogP) is 1.79. The Bertz CT molecular complexity index is 648. The normalized spacial score (nSPS) is 10.9. The van der Waals surface area contributed by atoms with E-state index in [0.717, 1.165) is 16.7 Å². The molecule has 1 heterocycles. The van der Waals surface area contributed by atoms with Crippen LogP contribution in [0.4, 0.5) is 5.82 Å². The Kier molecular flexibility index (Phi) is 4.57. The number of aromatic amines is 1. The van der Waals surface area contributed by atoms with Gasteiger partial charge < -0.3 is 4.90 Å². The van der Waals surface area contributed by atoms with Gasteiger partial charge in [-0.15, -0.1) is 0 Å². The number of nitrogens with one attached hydrogen (secondary N) is 2. The molecule has 2 amide bonds. The summed E-state index contributed by atoms with van der Waals surface area (Å²) in [5.41, 5.74) is 2.25. The number of anilines is 1. The van der Waals surface area contributed by atoms with Crippen LogP contribution in [0.2, 0.25) is 0 Å². The third-order valence-corrected chi connectivity index (χ3v) is 3.49. The van der Waals surface area contributed by atoms with E-state index in [2.05, 4.69) is 35.4 Å². The Hall–Kier alpha value is -2.37. The van der Waals surface area contributed by atoms with Gasteiger partial charge in [-0.3, -0.25) is 20.0 Å². The van der Waals surface area contributed by atoms with Crippen LogP contribution >= 0.6 is 0 Å². The summed E-state index contributed by atoms with van der Waals surface area (Å²) in [6, 6.07) is 6.12. The third kappa shape index (κ3) is 3.21. The zero-order chi connectivity index (χ0) is 15.4. The molecular weight excluding hydrogens is 268 g/mol. The van der Waals surface area contributed by atoms with Crippen molar-refractivity contribution in [2.45, 2.75) is 26.2 Å². The first-order chi connectivity index (χ1) is 10.0. The average molecular weight is 288 g/mol. The molecule has 112 valence electrons. The van der Waals surface area contributed by atoms with E-state index in [4.69, 9.17) is 0 Å². The van der Waals surface area contributed by atoms with Crippen LogP contribution in [0.15, 0.2) is 18.2 Å². The number of benzene rings is 1. The largest absolute Gasteiger partial charge is 0.357 e. The van der Waals surface area contributed by atoms with Crippen molar-refractivity contribution in [1.82, 2.24) is 15.5 Å². The molecule has 0 bridgehead atoms. The minimum Gasteiger partial charge on any atom is -0.357 e. The molecule has 1 aromatic heterocycles. The monoisotopic (exact) mass is 288 g/mol. The molecule has 2 N–H and O–H groups in total. The SMILES string of the molecule is CC(C)c1cccc2c(N(C)CCC(=O)NC=O)n[nH]c12. The van der Waals surface area contributed by atoms with Crippen LogP contribution in [0, 0.1) is 0 Å². The van der Waals surface area contributed by atoms with Crippen molar-refractivity contribution in [2.75, 3.05) is 18.5 Å². The number of hydrogen-bond acceptors (Lipinski definition) is 4. The Balaban J connectivity index is 2.20. The van der Waals surface area contributed by atoms with Gasteiger partial charge in [-0.05, 0) is 17.5 Å². The minimum atomic E-state index is -0.292. The molecule has 0 saturated carbocycles. The maximum Gasteiger partial charge on any atom is 0.228 e. The highest BCUT2D eigenvalue weighted by molar-refractivity contribution is 5.92. The number of carbonyl (C=O) groups excluding carboxylic acids is 2. The second kappa shape index (κ2) is 6.39. The lowest BCUT2D eigenvalue weighted by Crippen LogP contribution is -2.28. The zero-order valence-electron chi connectivity index (χ0n) is 12.5. The summed E-state index contributed by atoms with van der Waals surface area (Å²) >= 11 is 0. The van der Waals surface area contributed by atoms with E-state index in [1.54, 1.807) is 0 Å². The fourth-order valence-electron chi connectivity index (χ4n) is 2.34. The lowest BCUT2D eigenvalue weighted by molar-refractivity contribution is -0.125. The summed E-state index contributed by atoms with van der Waals surface area (Å²) in [6.45, 7) is 4.77. The van der Waals surface area contributed by atoms with Crippen LogP contribution in [0.3, 0.4) is 0 Å². The second-order valence-electron chi connectivity index (χ2n) is 5.33. The quantitative estimate of drug-likeness (QED) is 0.794. The lowest BCUT2D eigenvalue weighted by atomic mass is 10.0. The number of imide groups is 1. The van der Waals surface area contributed by atoms with Gasteiger partial charge in [-0.1, -0.05) is 26.0 Å². The Morgan fingerprint density at radius 1 is 1.48 bits per heavy atom. The highest BCUT2D eigenvalue weighted by atomic mass is 16.2. The van der Waals surface area contributed by atoms with E-state index in [1.165, 1.54) is 5.56 Å². The molecule has 0 unspecified atom stereocenters. The van der Waals surface area contributed by atoms with Crippen LogP contribution in [0.5, 0.6) is 0 Å². The average Bonchev–Trinajstić information content (AvgIpc) is 2.88. The molecule has 0 atom stereocenters. The van der Waals surface area contributed by atoms with E-state index >= 15 is 0 Å². The molecular formula is C15H20N4O2. The highest BCUT2D eigenvalue weighted by Gasteiger charge is 2.14. The summed E-state index contributed by atoms with van der Waals surface area (Å²) in [5.74, 6) is 0.927. The predicted molar refractivity (Wildman–Crippen MR) is 82.3 cm³/mol. The van der Waals surface area contributed by atoms with Crippen molar-refractivity contribution in [3.63, 3.8) is 0 Å². The number of fused-ring (bicyclic) bond motifs is 1. The van der Waals surface area contributed by atoms with Crippen molar-refractivity contribution in [1.29, 1.82) is 0 Å². The second-order valence-corrected chi connectivity index (χ2v) is 5.33. The van der Waals surface area contributed by atoms with Crippen LogP contribution in [0.25, 0.3) is 10.9 Å². The highest BCUT2D eigenvalue weighted by Crippen LogP contribution is 2.29. The summed E-state index contributed by atoms with van der Waals surface area (Å²) in [7, 11) is 1.88. The molecule has 21 heavy (non-hydrogen) atoms. The van der Waals surface area contributed by atoms with E-state index in [1.807, 2.05) is 24.1 Å². The molecule has 0 aliphatic rings. The summed E-state index contributed by atoms with van der Waals surface area (Å²) in [5, 5.41) is 10.6. The fraction of sp³-hybridized carbons (Fsp3) is 0.400. The summed E-state index contributed by atoms with van der Waals surface area (Å²) in [4.78, 5) is 23.4. The van der Waals surface area contributed by atoms with E-state index < -0.39 is 0 Å². The van der Waals surface area contributed by atoms with Crippen molar-refractivity contribution in [3.05, 3.63) is 23.8 Å². The van der Waals surface area contributed by atoms with Crippen molar-refractivity contribution in [3.8, 4) is 0 Å². The zero-order valence-corrected chi connectivity index (χ0v) is 12.5. The number of hydrogen-bond donors (Lipinski definition) is 2. The fourth-order valence-corrected chi connectivity index (χ4v) is 2.34. The van der Waals surface area contributed by atoms with Gasteiger partial charge in [-0.2, -0.15) is 5.10 Å². The maximum atomic E-state index is 11.3. The Morgan fingerprint density at radius 3 is 2.90 bits per heavy atom. The van der Waals surface area contributed by atoms with Gasteiger partial charge in [0.2, 0.25) is 12.3 Å². The van der Waals surface area contributed by atoms with Gasteiger partial charge in [0.15, 0.2) is 5.82 Å². The van der Waals surface area contributed by atoms with Crippen LogP contribution in [-0.2, 0) is 9.59 Å². The molecule has 2 aromatic rings. The number of carbonyl (C=O) groups is 2. The Labute approximate surface area is 123 Å². The van der Waals surface area contributed by atoms with Crippen molar-refractivity contribution < 1.29 is 9.59 Å². The molecule has 0 spiro atoms. The van der Waals surface area contributed by atoms with E-state index in [-0.39, 0.29) is 12.3 Å².